The third-order valence-electron chi connectivity index (χ3n) is 3.82. The lowest BCUT2D eigenvalue weighted by Crippen LogP contribution is -1.95. The van der Waals surface area contributed by atoms with Gasteiger partial charge in [0.1, 0.15) is 6.29 Å². The first-order valence-electron chi connectivity index (χ1n) is 8.24. The molecule has 0 saturated heterocycles. The summed E-state index contributed by atoms with van der Waals surface area (Å²) >= 11 is 0. The van der Waals surface area contributed by atoms with E-state index in [4.69, 9.17) is 0 Å². The predicted molar refractivity (Wildman–Crippen MR) is 80.9 cm³/mol. The van der Waals surface area contributed by atoms with Gasteiger partial charge < -0.3 is 4.79 Å². The van der Waals surface area contributed by atoms with Crippen LogP contribution < -0.4 is 0 Å². The van der Waals surface area contributed by atoms with Crippen LogP contribution in [0.25, 0.3) is 0 Å². The van der Waals surface area contributed by atoms with Gasteiger partial charge in [0.25, 0.3) is 0 Å². The molecule has 0 aromatic heterocycles. The van der Waals surface area contributed by atoms with Crippen LogP contribution >= 0.6 is 0 Å². The highest BCUT2D eigenvalue weighted by molar-refractivity contribution is 5.48. The van der Waals surface area contributed by atoms with Crippen LogP contribution in [-0.4, -0.2) is 6.29 Å². The van der Waals surface area contributed by atoms with Gasteiger partial charge in [-0.15, -0.1) is 0 Å². The Kier molecular flexibility index (Phi) is 14.5. The van der Waals surface area contributed by atoms with Gasteiger partial charge in [-0.1, -0.05) is 84.5 Å². The minimum atomic E-state index is 0.756. The molecule has 1 nitrogen and oxygen atoms in total. The summed E-state index contributed by atoms with van der Waals surface area (Å²) < 4.78 is 0. The van der Waals surface area contributed by atoms with Crippen LogP contribution in [-0.2, 0) is 4.79 Å². The Bertz CT molecular complexity index is 165. The zero-order valence-corrected chi connectivity index (χ0v) is 12.8. The van der Waals surface area contributed by atoms with Gasteiger partial charge in [0.05, 0.1) is 0 Å². The Morgan fingerprint density at radius 3 is 1.83 bits per heavy atom. The van der Waals surface area contributed by atoms with Crippen LogP contribution in [0, 0.1) is 5.92 Å². The molecule has 0 spiro atoms. The maximum atomic E-state index is 10.2. The molecule has 0 N–H and O–H groups in total. The molecule has 1 atom stereocenters. The van der Waals surface area contributed by atoms with Gasteiger partial charge in [0.2, 0.25) is 0 Å². The molecule has 108 valence electrons. The SMILES string of the molecule is CCCCCCCCCC(C)CCCCCC=O. The molecule has 0 fully saturated rings. The quantitative estimate of drug-likeness (QED) is 0.278. The van der Waals surface area contributed by atoms with E-state index in [-0.39, 0.29) is 0 Å². The first-order chi connectivity index (χ1) is 8.81. The topological polar surface area (TPSA) is 17.1 Å². The number of unbranched alkanes of at least 4 members (excludes halogenated alkanes) is 9. The fourth-order valence-corrected chi connectivity index (χ4v) is 2.49. The van der Waals surface area contributed by atoms with Gasteiger partial charge in [0, 0.05) is 6.42 Å². The molecule has 0 amide bonds. The lowest BCUT2D eigenvalue weighted by Gasteiger charge is -2.10. The zero-order valence-electron chi connectivity index (χ0n) is 12.8. The number of carbonyl (C=O) groups is 1. The van der Waals surface area contributed by atoms with Crippen molar-refractivity contribution in [3.8, 4) is 0 Å². The van der Waals surface area contributed by atoms with Gasteiger partial charge in [-0.3, -0.25) is 0 Å². The summed E-state index contributed by atoms with van der Waals surface area (Å²) in [6, 6.07) is 0. The third kappa shape index (κ3) is 13.7. The normalized spacial score (nSPS) is 12.6. The van der Waals surface area contributed by atoms with Gasteiger partial charge in [0.15, 0.2) is 0 Å². The highest BCUT2D eigenvalue weighted by atomic mass is 16.1. The number of hydrogen-bond donors (Lipinski definition) is 0. The summed E-state index contributed by atoms with van der Waals surface area (Å²) in [5.74, 6) is 0.886. The van der Waals surface area contributed by atoms with E-state index in [1.165, 1.54) is 70.6 Å². The molecule has 0 bridgehead atoms. The Morgan fingerprint density at radius 1 is 0.778 bits per heavy atom. The summed E-state index contributed by atoms with van der Waals surface area (Å²) in [5.41, 5.74) is 0. The summed E-state index contributed by atoms with van der Waals surface area (Å²) in [6.07, 6.45) is 18.1. The van der Waals surface area contributed by atoms with Crippen molar-refractivity contribution in [2.45, 2.75) is 97.3 Å². The second kappa shape index (κ2) is 14.7. The summed E-state index contributed by atoms with van der Waals surface area (Å²) in [5, 5.41) is 0. The highest BCUT2D eigenvalue weighted by Gasteiger charge is 2.01. The predicted octanol–water partition coefficient (Wildman–Crippen LogP) is 5.91. The van der Waals surface area contributed by atoms with Crippen LogP contribution in [0.15, 0.2) is 0 Å². The van der Waals surface area contributed by atoms with Crippen molar-refractivity contribution >= 4 is 6.29 Å². The van der Waals surface area contributed by atoms with Crippen LogP contribution in [0.2, 0.25) is 0 Å². The Morgan fingerprint density at radius 2 is 1.28 bits per heavy atom. The average molecular weight is 254 g/mol. The largest absolute Gasteiger partial charge is 0.303 e. The van der Waals surface area contributed by atoms with E-state index in [0.29, 0.717) is 0 Å². The molecular formula is C17H34O. The van der Waals surface area contributed by atoms with E-state index < -0.39 is 0 Å². The van der Waals surface area contributed by atoms with E-state index >= 15 is 0 Å². The summed E-state index contributed by atoms with van der Waals surface area (Å²) in [6.45, 7) is 4.66. The Labute approximate surface area is 115 Å². The fraction of sp³-hybridized carbons (Fsp3) is 0.941. The standard InChI is InChI=1S/C17H34O/c1-3-4-5-6-7-8-11-14-17(2)15-12-9-10-13-16-18/h16-17H,3-15H2,1-2H3. The van der Waals surface area contributed by atoms with Crippen molar-refractivity contribution in [2.75, 3.05) is 0 Å². The molecule has 0 aliphatic heterocycles. The maximum absolute atomic E-state index is 10.2. The van der Waals surface area contributed by atoms with Crippen molar-refractivity contribution < 1.29 is 4.79 Å². The first kappa shape index (κ1) is 17.7. The molecule has 0 heterocycles. The van der Waals surface area contributed by atoms with Gasteiger partial charge in [-0.25, -0.2) is 0 Å². The van der Waals surface area contributed by atoms with Gasteiger partial charge in [-0.2, -0.15) is 0 Å². The molecule has 0 rings (SSSR count). The van der Waals surface area contributed by atoms with Crippen molar-refractivity contribution in [1.82, 2.24) is 0 Å². The number of hydrogen-bond acceptors (Lipinski definition) is 1. The zero-order chi connectivity index (χ0) is 13.5. The van der Waals surface area contributed by atoms with Crippen molar-refractivity contribution in [3.63, 3.8) is 0 Å². The molecule has 0 aliphatic carbocycles. The lowest BCUT2D eigenvalue weighted by molar-refractivity contribution is -0.107. The van der Waals surface area contributed by atoms with Crippen LogP contribution in [0.4, 0.5) is 0 Å². The molecule has 0 radical (unpaired) electrons. The molecule has 0 aromatic carbocycles. The van der Waals surface area contributed by atoms with Crippen molar-refractivity contribution in [2.24, 2.45) is 5.92 Å². The van der Waals surface area contributed by atoms with E-state index in [0.717, 1.165) is 25.0 Å². The second-order valence-electron chi connectivity index (χ2n) is 5.82. The number of rotatable bonds is 14. The average Bonchev–Trinajstić information content (AvgIpc) is 2.37. The molecule has 0 aromatic rings. The lowest BCUT2D eigenvalue weighted by atomic mass is 9.96. The van der Waals surface area contributed by atoms with E-state index in [2.05, 4.69) is 13.8 Å². The van der Waals surface area contributed by atoms with E-state index in [1.54, 1.807) is 0 Å². The molecule has 0 aliphatic rings. The monoisotopic (exact) mass is 254 g/mol. The van der Waals surface area contributed by atoms with Crippen molar-refractivity contribution in [1.29, 1.82) is 0 Å². The minimum absolute atomic E-state index is 0.756. The summed E-state index contributed by atoms with van der Waals surface area (Å²) in [7, 11) is 0. The van der Waals surface area contributed by atoms with Crippen LogP contribution in [0.3, 0.4) is 0 Å². The Hall–Kier alpha value is -0.330. The smallest absolute Gasteiger partial charge is 0.119 e. The van der Waals surface area contributed by atoms with Crippen molar-refractivity contribution in [3.05, 3.63) is 0 Å². The first-order valence-corrected chi connectivity index (χ1v) is 8.24. The third-order valence-corrected chi connectivity index (χ3v) is 3.82. The van der Waals surface area contributed by atoms with E-state index in [9.17, 15) is 4.79 Å². The molecule has 0 saturated carbocycles. The van der Waals surface area contributed by atoms with Gasteiger partial charge in [-0.05, 0) is 12.3 Å². The molecule has 1 unspecified atom stereocenters. The van der Waals surface area contributed by atoms with Crippen LogP contribution in [0.5, 0.6) is 0 Å². The summed E-state index contributed by atoms with van der Waals surface area (Å²) in [4.78, 5) is 10.2. The van der Waals surface area contributed by atoms with Crippen LogP contribution in [0.1, 0.15) is 97.3 Å². The minimum Gasteiger partial charge on any atom is -0.303 e. The highest BCUT2D eigenvalue weighted by Crippen LogP contribution is 2.17. The molecular weight excluding hydrogens is 220 g/mol. The molecule has 18 heavy (non-hydrogen) atoms. The number of aldehydes is 1. The van der Waals surface area contributed by atoms with E-state index in [1.807, 2.05) is 0 Å². The fourth-order valence-electron chi connectivity index (χ4n) is 2.49. The van der Waals surface area contributed by atoms with Gasteiger partial charge >= 0.3 is 0 Å². The Balaban J connectivity index is 3.11. The maximum Gasteiger partial charge on any atom is 0.119 e. The number of carbonyl (C=O) groups excluding carboxylic acids is 1. The molecule has 1 heteroatoms. The second-order valence-corrected chi connectivity index (χ2v) is 5.82.